The van der Waals surface area contributed by atoms with Crippen LogP contribution in [0.1, 0.15) is 5.56 Å². The number of ether oxygens (including phenoxy) is 2. The van der Waals surface area contributed by atoms with E-state index >= 15 is 0 Å². The van der Waals surface area contributed by atoms with Crippen molar-refractivity contribution in [1.82, 2.24) is 19.7 Å². The topological polar surface area (TPSA) is 91.2 Å². The van der Waals surface area contributed by atoms with Crippen molar-refractivity contribution in [3.05, 3.63) is 36.3 Å². The zero-order valence-electron chi connectivity index (χ0n) is 16.1. The normalized spacial score (nSPS) is 11.6. The number of rotatable bonds is 8. The number of hydrogen-bond acceptors (Lipinski definition) is 7. The molecule has 0 unspecified atom stereocenters. The average Bonchev–Trinajstić information content (AvgIpc) is 3.08. The molecule has 0 saturated heterocycles. The van der Waals surface area contributed by atoms with E-state index in [0.717, 1.165) is 23.9 Å². The summed E-state index contributed by atoms with van der Waals surface area (Å²) in [4.78, 5) is 20.7. The standard InChI is InChI=1S/C18H18F3N5O3S/c1-26-16-12(8-24-26)17(23-10-22-16)30-9-15(27)25-13-7-11(18(19,20)21)3-4-14(13)29-6-5-28-2/h3-4,7-8,10H,5-6,9H2,1-2H3,(H,25,27). The number of methoxy groups -OCH3 is 1. The molecule has 12 heteroatoms. The predicted molar refractivity (Wildman–Crippen MR) is 104 cm³/mol. The largest absolute Gasteiger partial charge is 0.489 e. The Hall–Kier alpha value is -2.86. The number of halogens is 3. The van der Waals surface area contributed by atoms with Crippen LogP contribution in [0.5, 0.6) is 5.75 Å². The quantitative estimate of drug-likeness (QED) is 0.326. The molecule has 0 fully saturated rings. The molecule has 3 aromatic rings. The van der Waals surface area contributed by atoms with E-state index in [1.165, 1.54) is 19.5 Å². The molecule has 0 bridgehead atoms. The summed E-state index contributed by atoms with van der Waals surface area (Å²) < 4.78 is 51.1. The number of alkyl halides is 3. The van der Waals surface area contributed by atoms with Crippen LogP contribution in [0, 0.1) is 0 Å². The summed E-state index contributed by atoms with van der Waals surface area (Å²) in [6.07, 6.45) is -1.60. The number of carbonyl (C=O) groups excluding carboxylic acids is 1. The number of thioether (sulfide) groups is 1. The molecule has 0 spiro atoms. The SMILES string of the molecule is COCCOc1ccc(C(F)(F)F)cc1NC(=O)CSc1ncnc2c1cnn2C. The lowest BCUT2D eigenvalue weighted by Gasteiger charge is -2.15. The lowest BCUT2D eigenvalue weighted by molar-refractivity contribution is -0.137. The van der Waals surface area contributed by atoms with Crippen LogP contribution < -0.4 is 10.1 Å². The van der Waals surface area contributed by atoms with Crippen molar-refractivity contribution in [2.24, 2.45) is 7.05 Å². The van der Waals surface area contributed by atoms with E-state index in [4.69, 9.17) is 9.47 Å². The monoisotopic (exact) mass is 441 g/mol. The van der Waals surface area contributed by atoms with Crippen molar-refractivity contribution in [3.8, 4) is 5.75 Å². The van der Waals surface area contributed by atoms with Crippen LogP contribution in [0.3, 0.4) is 0 Å². The van der Waals surface area contributed by atoms with Gasteiger partial charge in [-0.3, -0.25) is 9.48 Å². The smallest absolute Gasteiger partial charge is 0.416 e. The predicted octanol–water partition coefficient (Wildman–Crippen LogP) is 3.14. The highest BCUT2D eigenvalue weighted by atomic mass is 32.2. The van der Waals surface area contributed by atoms with Gasteiger partial charge in [0, 0.05) is 14.2 Å². The van der Waals surface area contributed by atoms with Gasteiger partial charge in [-0.25, -0.2) is 9.97 Å². The van der Waals surface area contributed by atoms with Crippen molar-refractivity contribution in [2.45, 2.75) is 11.2 Å². The Labute approximate surface area is 173 Å². The van der Waals surface area contributed by atoms with Gasteiger partial charge in [-0.15, -0.1) is 0 Å². The summed E-state index contributed by atoms with van der Waals surface area (Å²) in [6, 6.07) is 2.91. The average molecular weight is 441 g/mol. The van der Waals surface area contributed by atoms with E-state index in [-0.39, 0.29) is 30.4 Å². The van der Waals surface area contributed by atoms with Crippen molar-refractivity contribution in [1.29, 1.82) is 0 Å². The van der Waals surface area contributed by atoms with E-state index in [0.29, 0.717) is 16.1 Å². The minimum absolute atomic E-state index is 0.0688. The number of carbonyl (C=O) groups is 1. The third kappa shape index (κ3) is 5.19. The third-order valence-corrected chi connectivity index (χ3v) is 4.96. The lowest BCUT2D eigenvalue weighted by atomic mass is 10.1. The van der Waals surface area contributed by atoms with Crippen LogP contribution >= 0.6 is 11.8 Å². The van der Waals surface area contributed by atoms with Crippen LogP contribution in [0.2, 0.25) is 0 Å². The van der Waals surface area contributed by atoms with Gasteiger partial charge in [0.2, 0.25) is 5.91 Å². The Kier molecular flexibility index (Phi) is 6.77. The number of nitrogens with one attached hydrogen (secondary N) is 1. The van der Waals surface area contributed by atoms with Gasteiger partial charge in [-0.1, -0.05) is 11.8 Å². The molecule has 160 valence electrons. The molecule has 0 radical (unpaired) electrons. The van der Waals surface area contributed by atoms with Gasteiger partial charge < -0.3 is 14.8 Å². The molecule has 0 aliphatic rings. The van der Waals surface area contributed by atoms with Gasteiger partial charge in [0.25, 0.3) is 0 Å². The molecule has 0 saturated carbocycles. The van der Waals surface area contributed by atoms with E-state index in [9.17, 15) is 18.0 Å². The summed E-state index contributed by atoms with van der Waals surface area (Å²) in [7, 11) is 3.21. The first-order chi connectivity index (χ1) is 14.3. The molecular weight excluding hydrogens is 423 g/mol. The molecule has 3 rings (SSSR count). The molecule has 1 aromatic carbocycles. The number of amides is 1. The highest BCUT2D eigenvalue weighted by Crippen LogP contribution is 2.35. The van der Waals surface area contributed by atoms with E-state index in [1.54, 1.807) is 17.9 Å². The molecule has 2 aromatic heterocycles. The lowest BCUT2D eigenvalue weighted by Crippen LogP contribution is -2.17. The summed E-state index contributed by atoms with van der Waals surface area (Å²) in [5.74, 6) is -0.462. The van der Waals surface area contributed by atoms with Crippen LogP contribution in [0.4, 0.5) is 18.9 Å². The number of hydrogen-bond donors (Lipinski definition) is 1. The van der Waals surface area contributed by atoms with Crippen LogP contribution in [0.15, 0.2) is 35.7 Å². The second-order valence-electron chi connectivity index (χ2n) is 6.07. The molecule has 8 nitrogen and oxygen atoms in total. The maximum absolute atomic E-state index is 13.1. The number of aromatic nitrogens is 4. The Morgan fingerprint density at radius 1 is 1.27 bits per heavy atom. The molecule has 2 heterocycles. The van der Waals surface area contributed by atoms with Crippen molar-refractivity contribution in [3.63, 3.8) is 0 Å². The molecular formula is C18H18F3N5O3S. The van der Waals surface area contributed by atoms with Gasteiger partial charge in [0.15, 0.2) is 5.65 Å². The van der Waals surface area contributed by atoms with Crippen LogP contribution in [-0.4, -0.2) is 51.7 Å². The zero-order valence-corrected chi connectivity index (χ0v) is 16.9. The first kappa shape index (κ1) is 21.8. The minimum Gasteiger partial charge on any atom is -0.489 e. The number of nitrogens with zero attached hydrogens (tertiary/aromatic N) is 4. The van der Waals surface area contributed by atoms with Gasteiger partial charge >= 0.3 is 6.18 Å². The van der Waals surface area contributed by atoms with Crippen molar-refractivity contribution >= 4 is 34.4 Å². The fraction of sp³-hybridized carbons (Fsp3) is 0.333. The summed E-state index contributed by atoms with van der Waals surface area (Å²) in [6.45, 7) is 0.374. The Morgan fingerprint density at radius 3 is 2.80 bits per heavy atom. The second-order valence-corrected chi connectivity index (χ2v) is 7.04. The van der Waals surface area contributed by atoms with Gasteiger partial charge in [0.1, 0.15) is 23.7 Å². The Morgan fingerprint density at radius 2 is 2.07 bits per heavy atom. The maximum atomic E-state index is 13.1. The Bertz CT molecular complexity index is 1040. The number of aryl methyl sites for hydroxylation is 1. The number of anilines is 1. The van der Waals surface area contributed by atoms with Crippen molar-refractivity contribution < 1.29 is 27.4 Å². The molecule has 1 amide bonds. The Balaban J connectivity index is 1.73. The minimum atomic E-state index is -4.55. The summed E-state index contributed by atoms with van der Waals surface area (Å²) in [5.41, 5.74) is -0.349. The van der Waals surface area contributed by atoms with Gasteiger partial charge in [-0.2, -0.15) is 18.3 Å². The van der Waals surface area contributed by atoms with E-state index < -0.39 is 17.6 Å². The van der Waals surface area contributed by atoms with Crippen molar-refractivity contribution in [2.75, 3.05) is 31.4 Å². The maximum Gasteiger partial charge on any atom is 0.416 e. The van der Waals surface area contributed by atoms with Gasteiger partial charge in [0.05, 0.1) is 35.2 Å². The second kappa shape index (κ2) is 9.30. The first-order valence-electron chi connectivity index (χ1n) is 8.68. The van der Waals surface area contributed by atoms with E-state index in [2.05, 4.69) is 20.4 Å². The molecule has 0 aliphatic heterocycles. The first-order valence-corrected chi connectivity index (χ1v) is 9.66. The third-order valence-electron chi connectivity index (χ3n) is 3.96. The van der Waals surface area contributed by atoms with E-state index in [1.807, 2.05) is 0 Å². The molecule has 0 atom stereocenters. The molecule has 1 N–H and O–H groups in total. The van der Waals surface area contributed by atoms with Gasteiger partial charge in [-0.05, 0) is 18.2 Å². The number of fused-ring (bicyclic) bond motifs is 1. The zero-order chi connectivity index (χ0) is 21.7. The highest BCUT2D eigenvalue weighted by molar-refractivity contribution is 8.00. The number of benzene rings is 1. The fourth-order valence-corrected chi connectivity index (χ4v) is 3.30. The van der Waals surface area contributed by atoms with Crippen LogP contribution in [-0.2, 0) is 22.8 Å². The van der Waals surface area contributed by atoms with Crippen LogP contribution in [0.25, 0.3) is 11.0 Å². The highest BCUT2D eigenvalue weighted by Gasteiger charge is 2.31. The molecule has 30 heavy (non-hydrogen) atoms. The fourth-order valence-electron chi connectivity index (χ4n) is 2.54. The summed E-state index contributed by atoms with van der Waals surface area (Å²) >= 11 is 1.13. The molecule has 0 aliphatic carbocycles. The summed E-state index contributed by atoms with van der Waals surface area (Å²) in [5, 5.41) is 7.81.